The van der Waals surface area contributed by atoms with Gasteiger partial charge in [0.2, 0.25) is 5.91 Å². The minimum absolute atomic E-state index is 0.181. The molecule has 0 saturated carbocycles. The third kappa shape index (κ3) is 1.65. The monoisotopic (exact) mass is 285 g/mol. The van der Waals surface area contributed by atoms with E-state index in [9.17, 15) is 14.7 Å². The topological polar surface area (TPSA) is 82.6 Å². The first-order chi connectivity index (χ1) is 10.1. The van der Waals surface area contributed by atoms with Crippen molar-refractivity contribution in [2.75, 3.05) is 6.54 Å². The number of nitrogens with zero attached hydrogens (tertiary/aromatic N) is 2. The first kappa shape index (κ1) is 12.5. The van der Waals surface area contributed by atoms with Gasteiger partial charge in [0.25, 0.3) is 0 Å². The molecule has 1 spiro atoms. The molecule has 1 aromatic rings. The molecule has 0 N–H and O–H groups in total. The van der Waals surface area contributed by atoms with Crippen LogP contribution in [-0.2, 0) is 20.9 Å². The molecule has 2 bridgehead atoms. The van der Waals surface area contributed by atoms with Crippen molar-refractivity contribution in [1.82, 2.24) is 9.88 Å². The highest BCUT2D eigenvalue weighted by molar-refractivity contribution is 5.90. The van der Waals surface area contributed by atoms with Gasteiger partial charge in [-0.15, -0.1) is 0 Å². The van der Waals surface area contributed by atoms with E-state index in [1.165, 1.54) is 0 Å². The van der Waals surface area contributed by atoms with E-state index in [2.05, 4.69) is 4.98 Å². The van der Waals surface area contributed by atoms with E-state index in [1.54, 1.807) is 29.4 Å². The molecule has 6 heteroatoms. The van der Waals surface area contributed by atoms with E-state index in [0.717, 1.165) is 5.56 Å². The maximum atomic E-state index is 12.6. The van der Waals surface area contributed by atoms with Crippen molar-refractivity contribution in [2.24, 2.45) is 11.8 Å². The summed E-state index contributed by atoms with van der Waals surface area (Å²) in [5.41, 5.74) is 0.111. The third-order valence-electron chi connectivity index (χ3n) is 4.55. The second kappa shape index (κ2) is 4.14. The molecule has 3 aliphatic rings. The van der Waals surface area contributed by atoms with Gasteiger partial charge in [0.15, 0.2) is 0 Å². The Morgan fingerprint density at radius 3 is 3.14 bits per heavy atom. The summed E-state index contributed by atoms with van der Waals surface area (Å²) < 4.78 is 5.79. The smallest absolute Gasteiger partial charge is 0.230 e. The van der Waals surface area contributed by atoms with Gasteiger partial charge >= 0.3 is 0 Å². The van der Waals surface area contributed by atoms with Crippen LogP contribution in [0.2, 0.25) is 0 Å². The molecular weight excluding hydrogens is 272 g/mol. The van der Waals surface area contributed by atoms with Crippen LogP contribution in [0, 0.1) is 11.8 Å². The number of amides is 1. The Hall–Kier alpha value is -2.21. The maximum Gasteiger partial charge on any atom is 0.230 e. The van der Waals surface area contributed by atoms with Crippen molar-refractivity contribution in [3.8, 4) is 0 Å². The van der Waals surface area contributed by atoms with E-state index in [1.807, 2.05) is 12.1 Å². The predicted octanol–water partition coefficient (Wildman–Crippen LogP) is -0.887. The second-order valence-corrected chi connectivity index (χ2v) is 5.77. The Morgan fingerprint density at radius 1 is 1.57 bits per heavy atom. The first-order valence-electron chi connectivity index (χ1n) is 6.86. The Balaban J connectivity index is 1.63. The number of likely N-dealkylation sites (tertiary alicyclic amines) is 1. The van der Waals surface area contributed by atoms with Crippen molar-refractivity contribution >= 4 is 11.9 Å². The number of rotatable bonds is 3. The average molecular weight is 285 g/mol. The minimum Gasteiger partial charge on any atom is -0.550 e. The lowest BCUT2D eigenvalue weighted by atomic mass is 9.77. The zero-order valence-electron chi connectivity index (χ0n) is 11.1. The van der Waals surface area contributed by atoms with Crippen LogP contribution in [-0.4, -0.2) is 40.0 Å². The number of ether oxygens (including phenoxy) is 1. The number of carbonyl (C=O) groups excluding carboxylic acids is 2. The summed E-state index contributed by atoms with van der Waals surface area (Å²) in [7, 11) is 0. The van der Waals surface area contributed by atoms with Crippen LogP contribution >= 0.6 is 0 Å². The summed E-state index contributed by atoms with van der Waals surface area (Å²) in [6, 6.07) is 3.69. The number of aliphatic carboxylic acids is 1. The van der Waals surface area contributed by atoms with E-state index in [0.29, 0.717) is 13.1 Å². The van der Waals surface area contributed by atoms with Gasteiger partial charge in [-0.05, 0) is 11.6 Å². The predicted molar refractivity (Wildman–Crippen MR) is 68.4 cm³/mol. The van der Waals surface area contributed by atoms with Crippen LogP contribution in [0.1, 0.15) is 5.56 Å². The molecule has 4 rings (SSSR count). The summed E-state index contributed by atoms with van der Waals surface area (Å²) in [6.45, 7) is 0.786. The molecule has 0 radical (unpaired) electrons. The van der Waals surface area contributed by atoms with Crippen LogP contribution in [0.5, 0.6) is 0 Å². The van der Waals surface area contributed by atoms with Gasteiger partial charge in [0.05, 0.1) is 18.6 Å². The Kier molecular flexibility index (Phi) is 2.47. The summed E-state index contributed by atoms with van der Waals surface area (Å²) in [6.07, 6.45) is 6.40. The van der Waals surface area contributed by atoms with Crippen molar-refractivity contribution in [3.63, 3.8) is 0 Å². The second-order valence-electron chi connectivity index (χ2n) is 5.77. The van der Waals surface area contributed by atoms with E-state index < -0.39 is 29.5 Å². The van der Waals surface area contributed by atoms with E-state index in [-0.39, 0.29) is 5.91 Å². The number of carboxylic acid groups (broad SMARTS) is 1. The van der Waals surface area contributed by atoms with Gasteiger partial charge in [0, 0.05) is 30.8 Å². The SMILES string of the molecule is O=C([O-])C1C2C=CC3(CN(Cc4cccnc4)C(=O)C13)O2. The number of carbonyl (C=O) groups is 2. The highest BCUT2D eigenvalue weighted by Crippen LogP contribution is 2.51. The standard InChI is InChI=1S/C15H14N2O4/c18-13-12-11(14(19)20)10-3-4-15(12,21-10)8-17(13)7-9-2-1-5-16-6-9/h1-6,10-12H,7-8H2,(H,19,20)/p-1. The minimum atomic E-state index is -1.21. The molecule has 6 nitrogen and oxygen atoms in total. The highest BCUT2D eigenvalue weighted by atomic mass is 16.5. The number of hydrogen-bond acceptors (Lipinski definition) is 5. The number of carboxylic acids is 1. The van der Waals surface area contributed by atoms with Gasteiger partial charge in [-0.1, -0.05) is 18.2 Å². The van der Waals surface area contributed by atoms with Gasteiger partial charge in [0.1, 0.15) is 5.60 Å². The Labute approximate surface area is 121 Å². The third-order valence-corrected chi connectivity index (χ3v) is 4.55. The zero-order chi connectivity index (χ0) is 14.6. The molecule has 1 aromatic heterocycles. The summed E-state index contributed by atoms with van der Waals surface area (Å²) in [4.78, 5) is 29.6. The van der Waals surface area contributed by atoms with Crippen molar-refractivity contribution in [1.29, 1.82) is 0 Å². The molecule has 4 unspecified atom stereocenters. The largest absolute Gasteiger partial charge is 0.550 e. The van der Waals surface area contributed by atoms with Crippen molar-refractivity contribution in [2.45, 2.75) is 18.2 Å². The number of fused-ring (bicyclic) bond motifs is 1. The molecule has 2 fully saturated rings. The summed E-state index contributed by atoms with van der Waals surface area (Å²) in [5.74, 6) is -2.96. The molecule has 4 heterocycles. The normalized spacial score (nSPS) is 36.3. The van der Waals surface area contributed by atoms with Crippen LogP contribution in [0.25, 0.3) is 0 Å². The van der Waals surface area contributed by atoms with Crippen LogP contribution in [0.3, 0.4) is 0 Å². The van der Waals surface area contributed by atoms with Crippen molar-refractivity contribution in [3.05, 3.63) is 42.2 Å². The van der Waals surface area contributed by atoms with Crippen LogP contribution in [0.4, 0.5) is 0 Å². The van der Waals surface area contributed by atoms with Gasteiger partial charge in [-0.3, -0.25) is 9.78 Å². The van der Waals surface area contributed by atoms with Crippen LogP contribution in [0.15, 0.2) is 36.7 Å². The quantitative estimate of drug-likeness (QED) is 0.673. The van der Waals surface area contributed by atoms with E-state index >= 15 is 0 Å². The lowest BCUT2D eigenvalue weighted by Crippen LogP contribution is -2.45. The molecule has 108 valence electrons. The lowest BCUT2D eigenvalue weighted by Gasteiger charge is -2.24. The average Bonchev–Trinajstić information content (AvgIpc) is 3.09. The number of pyridine rings is 1. The molecule has 4 atom stereocenters. The molecule has 0 aromatic carbocycles. The fraction of sp³-hybridized carbons (Fsp3) is 0.400. The molecule has 3 aliphatic heterocycles. The Morgan fingerprint density at radius 2 is 2.43 bits per heavy atom. The van der Waals surface area contributed by atoms with Crippen LogP contribution < -0.4 is 5.11 Å². The molecule has 21 heavy (non-hydrogen) atoms. The summed E-state index contributed by atoms with van der Waals surface area (Å²) >= 11 is 0. The molecule has 0 aliphatic carbocycles. The fourth-order valence-electron chi connectivity index (χ4n) is 3.69. The van der Waals surface area contributed by atoms with Gasteiger partial charge in [-0.25, -0.2) is 0 Å². The zero-order valence-corrected chi connectivity index (χ0v) is 11.1. The lowest BCUT2D eigenvalue weighted by molar-refractivity contribution is -0.313. The Bertz CT molecular complexity index is 644. The molecule has 2 saturated heterocycles. The summed E-state index contributed by atoms with van der Waals surface area (Å²) in [5, 5.41) is 11.3. The molecular formula is C15H13N2O4-. The first-order valence-corrected chi connectivity index (χ1v) is 6.86. The fourth-order valence-corrected chi connectivity index (χ4v) is 3.69. The van der Waals surface area contributed by atoms with Crippen molar-refractivity contribution < 1.29 is 19.4 Å². The van der Waals surface area contributed by atoms with Gasteiger partial charge < -0.3 is 19.5 Å². The van der Waals surface area contributed by atoms with E-state index in [4.69, 9.17) is 4.74 Å². The number of aromatic nitrogens is 1. The highest BCUT2D eigenvalue weighted by Gasteiger charge is 2.65. The number of hydrogen-bond donors (Lipinski definition) is 0. The molecule has 1 amide bonds. The maximum absolute atomic E-state index is 12.6. The van der Waals surface area contributed by atoms with Gasteiger partial charge in [-0.2, -0.15) is 0 Å².